The van der Waals surface area contributed by atoms with Crippen molar-refractivity contribution in [1.29, 1.82) is 0 Å². The van der Waals surface area contributed by atoms with Crippen LogP contribution in [0.4, 0.5) is 5.95 Å². The fourth-order valence-corrected chi connectivity index (χ4v) is 3.68. The van der Waals surface area contributed by atoms with E-state index in [0.29, 0.717) is 18.2 Å². The van der Waals surface area contributed by atoms with Crippen LogP contribution in [0.5, 0.6) is 0 Å². The Morgan fingerprint density at radius 2 is 1.86 bits per heavy atom. The van der Waals surface area contributed by atoms with Gasteiger partial charge in [-0.3, -0.25) is 14.3 Å². The van der Waals surface area contributed by atoms with E-state index in [2.05, 4.69) is 24.8 Å². The maximum atomic E-state index is 12.5. The second-order valence-electron chi connectivity index (χ2n) is 7.39. The first-order valence-corrected chi connectivity index (χ1v) is 9.62. The first kappa shape index (κ1) is 18.3. The number of hydrogen-bond donors (Lipinski definition) is 0. The van der Waals surface area contributed by atoms with E-state index in [1.165, 1.54) is 0 Å². The highest BCUT2D eigenvalue weighted by atomic mass is 16.1. The summed E-state index contributed by atoms with van der Waals surface area (Å²) in [4.78, 5) is 32.4. The lowest BCUT2D eigenvalue weighted by atomic mass is 9.97. The number of hydrogen-bond acceptors (Lipinski definition) is 6. The van der Waals surface area contributed by atoms with Crippen LogP contribution in [0, 0.1) is 19.8 Å². The molecule has 1 saturated heterocycles. The van der Waals surface area contributed by atoms with E-state index < -0.39 is 0 Å². The second-order valence-corrected chi connectivity index (χ2v) is 7.39. The van der Waals surface area contributed by atoms with Crippen molar-refractivity contribution < 1.29 is 0 Å². The molecular formula is C21H24N6O. The zero-order valence-electron chi connectivity index (χ0n) is 16.2. The maximum Gasteiger partial charge on any atom is 0.253 e. The van der Waals surface area contributed by atoms with Gasteiger partial charge in [-0.2, -0.15) is 0 Å². The third-order valence-electron chi connectivity index (χ3n) is 5.16. The van der Waals surface area contributed by atoms with Gasteiger partial charge in [-0.15, -0.1) is 0 Å². The SMILES string of the molecule is Cc1cc(C)nc(N2CCC(Cn3cnc(-c4cccnc4)cc3=O)CC2)n1. The fourth-order valence-electron chi connectivity index (χ4n) is 3.68. The molecule has 7 nitrogen and oxygen atoms in total. The third-order valence-corrected chi connectivity index (χ3v) is 5.16. The van der Waals surface area contributed by atoms with Crippen LogP contribution in [0.15, 0.2) is 47.8 Å². The number of aromatic nitrogens is 5. The number of anilines is 1. The van der Waals surface area contributed by atoms with Gasteiger partial charge >= 0.3 is 0 Å². The lowest BCUT2D eigenvalue weighted by molar-refractivity contribution is 0.349. The van der Waals surface area contributed by atoms with Crippen molar-refractivity contribution in [2.45, 2.75) is 33.2 Å². The molecule has 0 aromatic carbocycles. The number of pyridine rings is 1. The van der Waals surface area contributed by atoms with Crippen molar-refractivity contribution in [2.75, 3.05) is 18.0 Å². The molecule has 0 saturated carbocycles. The molecular weight excluding hydrogens is 352 g/mol. The lowest BCUT2D eigenvalue weighted by Crippen LogP contribution is -2.37. The highest BCUT2D eigenvalue weighted by Gasteiger charge is 2.22. The van der Waals surface area contributed by atoms with Gasteiger partial charge in [-0.25, -0.2) is 15.0 Å². The molecule has 3 aromatic rings. The molecule has 3 aromatic heterocycles. The zero-order valence-corrected chi connectivity index (χ0v) is 16.2. The van der Waals surface area contributed by atoms with Crippen LogP contribution in [0.3, 0.4) is 0 Å². The average Bonchev–Trinajstić information content (AvgIpc) is 2.70. The Morgan fingerprint density at radius 1 is 1.11 bits per heavy atom. The number of aryl methyl sites for hydroxylation is 2. The van der Waals surface area contributed by atoms with Gasteiger partial charge in [0.05, 0.1) is 12.0 Å². The summed E-state index contributed by atoms with van der Waals surface area (Å²) < 4.78 is 1.72. The van der Waals surface area contributed by atoms with E-state index in [-0.39, 0.29) is 5.56 Å². The van der Waals surface area contributed by atoms with Gasteiger partial charge in [0, 0.05) is 55.0 Å². The van der Waals surface area contributed by atoms with Gasteiger partial charge in [0.25, 0.3) is 5.56 Å². The lowest BCUT2D eigenvalue weighted by Gasteiger charge is -2.32. The maximum absolute atomic E-state index is 12.5. The van der Waals surface area contributed by atoms with Crippen LogP contribution in [-0.2, 0) is 6.54 Å². The van der Waals surface area contributed by atoms with Crippen molar-refractivity contribution in [3.05, 3.63) is 64.7 Å². The van der Waals surface area contributed by atoms with Crippen LogP contribution in [0.1, 0.15) is 24.2 Å². The van der Waals surface area contributed by atoms with E-state index in [9.17, 15) is 4.79 Å². The molecule has 0 radical (unpaired) electrons. The molecule has 0 spiro atoms. The summed E-state index contributed by atoms with van der Waals surface area (Å²) >= 11 is 0. The van der Waals surface area contributed by atoms with E-state index in [0.717, 1.165) is 48.8 Å². The molecule has 7 heteroatoms. The third kappa shape index (κ3) is 4.08. The van der Waals surface area contributed by atoms with E-state index in [1.54, 1.807) is 29.4 Å². The highest BCUT2D eigenvalue weighted by molar-refractivity contribution is 5.56. The Kier molecular flexibility index (Phi) is 5.14. The van der Waals surface area contributed by atoms with Crippen molar-refractivity contribution >= 4 is 5.95 Å². The smallest absolute Gasteiger partial charge is 0.253 e. The Bertz CT molecular complexity index is 989. The van der Waals surface area contributed by atoms with E-state index in [1.807, 2.05) is 32.0 Å². The van der Waals surface area contributed by atoms with Crippen LogP contribution in [-0.4, -0.2) is 37.6 Å². The first-order valence-electron chi connectivity index (χ1n) is 9.62. The summed E-state index contributed by atoms with van der Waals surface area (Å²) in [6.07, 6.45) is 7.10. The average molecular weight is 376 g/mol. The quantitative estimate of drug-likeness (QED) is 0.697. The number of nitrogens with zero attached hydrogens (tertiary/aromatic N) is 6. The summed E-state index contributed by atoms with van der Waals surface area (Å²) in [7, 11) is 0. The summed E-state index contributed by atoms with van der Waals surface area (Å²) in [6, 6.07) is 7.33. The van der Waals surface area contributed by atoms with Crippen LogP contribution >= 0.6 is 0 Å². The Hall–Kier alpha value is -3.09. The van der Waals surface area contributed by atoms with Crippen LogP contribution in [0.25, 0.3) is 11.3 Å². The molecule has 0 unspecified atom stereocenters. The van der Waals surface area contributed by atoms with Crippen molar-refractivity contribution in [1.82, 2.24) is 24.5 Å². The Balaban J connectivity index is 1.40. The van der Waals surface area contributed by atoms with Crippen molar-refractivity contribution in [3.63, 3.8) is 0 Å². The van der Waals surface area contributed by atoms with E-state index >= 15 is 0 Å². The Morgan fingerprint density at radius 3 is 2.50 bits per heavy atom. The van der Waals surface area contributed by atoms with Gasteiger partial charge in [-0.05, 0) is 50.8 Å². The largest absolute Gasteiger partial charge is 0.341 e. The predicted octanol–water partition coefficient (Wildman–Crippen LogP) is 2.63. The van der Waals surface area contributed by atoms with Crippen molar-refractivity contribution in [3.8, 4) is 11.3 Å². The van der Waals surface area contributed by atoms with Gasteiger partial charge in [0.2, 0.25) is 5.95 Å². The van der Waals surface area contributed by atoms with Gasteiger partial charge in [-0.1, -0.05) is 0 Å². The molecule has 0 bridgehead atoms. The standard InChI is InChI=1S/C21H24N6O/c1-15-10-16(2)25-21(24-15)26-8-5-17(6-9-26)13-27-14-23-19(11-20(27)28)18-4-3-7-22-12-18/h3-4,7,10-12,14,17H,5-6,8-9,13H2,1-2H3. The summed E-state index contributed by atoms with van der Waals surface area (Å²) in [6.45, 7) is 6.51. The molecule has 0 amide bonds. The van der Waals surface area contributed by atoms with Crippen LogP contribution < -0.4 is 10.5 Å². The van der Waals surface area contributed by atoms with Gasteiger partial charge < -0.3 is 4.90 Å². The summed E-state index contributed by atoms with van der Waals surface area (Å²) in [5, 5.41) is 0. The number of rotatable bonds is 4. The molecule has 0 aliphatic carbocycles. The molecule has 1 aliphatic rings. The molecule has 1 fully saturated rings. The van der Waals surface area contributed by atoms with Gasteiger partial charge in [0.15, 0.2) is 0 Å². The molecule has 1 aliphatic heterocycles. The fraction of sp³-hybridized carbons (Fsp3) is 0.381. The first-order chi connectivity index (χ1) is 13.6. The Labute approximate surface area is 164 Å². The molecule has 144 valence electrons. The van der Waals surface area contributed by atoms with E-state index in [4.69, 9.17) is 0 Å². The van der Waals surface area contributed by atoms with Crippen LogP contribution in [0.2, 0.25) is 0 Å². The molecule has 4 rings (SSSR count). The minimum absolute atomic E-state index is 0.0195. The molecule has 28 heavy (non-hydrogen) atoms. The normalized spacial score (nSPS) is 15.0. The summed E-state index contributed by atoms with van der Waals surface area (Å²) in [5.74, 6) is 1.27. The zero-order chi connectivity index (χ0) is 19.5. The molecule has 4 heterocycles. The predicted molar refractivity (Wildman–Crippen MR) is 108 cm³/mol. The minimum atomic E-state index is -0.0195. The highest BCUT2D eigenvalue weighted by Crippen LogP contribution is 2.22. The minimum Gasteiger partial charge on any atom is -0.341 e. The molecule has 0 atom stereocenters. The van der Waals surface area contributed by atoms with Crippen molar-refractivity contribution in [2.24, 2.45) is 5.92 Å². The topological polar surface area (TPSA) is 76.8 Å². The monoisotopic (exact) mass is 376 g/mol. The second kappa shape index (κ2) is 7.88. The number of piperidine rings is 1. The summed E-state index contributed by atoms with van der Waals surface area (Å²) in [5.41, 5.74) is 3.49. The molecule has 0 N–H and O–H groups in total. The van der Waals surface area contributed by atoms with Gasteiger partial charge in [0.1, 0.15) is 0 Å².